The molecule has 3 fully saturated rings. The lowest BCUT2D eigenvalue weighted by atomic mass is 9.74. The molecule has 0 saturated carbocycles. The number of thiocyanates is 1. The number of rotatable bonds is 7. The summed E-state index contributed by atoms with van der Waals surface area (Å²) in [5.74, 6) is -4.98. The maximum atomic E-state index is 14.1. The summed E-state index contributed by atoms with van der Waals surface area (Å²) in [6.07, 6.45) is -9.71. The number of nitrogens with zero attached hydrogens (tertiary/aromatic N) is 2. The molecule has 0 bridgehead atoms. The summed E-state index contributed by atoms with van der Waals surface area (Å²) in [6.45, 7) is 16.3. The summed E-state index contributed by atoms with van der Waals surface area (Å²) in [6, 6.07) is -0.324. The van der Waals surface area contributed by atoms with Crippen molar-refractivity contribution in [3.63, 3.8) is 0 Å². The van der Waals surface area contributed by atoms with Crippen molar-refractivity contribution in [3.8, 4) is 5.40 Å². The Kier molecular flexibility index (Phi) is 19.6. The number of hydrogen-bond acceptors (Lipinski definition) is 16. The molecule has 0 radical (unpaired) electrons. The number of carbonyl (C=O) groups is 2. The molecule has 3 heterocycles. The molecule has 17 heteroatoms. The second-order valence-corrected chi connectivity index (χ2v) is 16.8. The van der Waals surface area contributed by atoms with E-state index in [0.29, 0.717) is 6.42 Å². The van der Waals surface area contributed by atoms with Crippen LogP contribution in [0.3, 0.4) is 0 Å². The van der Waals surface area contributed by atoms with Gasteiger partial charge in [-0.3, -0.25) is 9.59 Å². The predicted molar refractivity (Wildman–Crippen MR) is 204 cm³/mol. The van der Waals surface area contributed by atoms with Crippen LogP contribution in [0.25, 0.3) is 0 Å². The summed E-state index contributed by atoms with van der Waals surface area (Å²) in [5, 5.41) is 66.2. The lowest BCUT2D eigenvalue weighted by Crippen LogP contribution is -2.61. The standard InChI is InChI=1S/C37H67NO13.CHNS.H2O/c1-14-25-37(10,45)30(41)20(4)27(39)18(2)16-35(8,44)32(51-34-28(40)24(38(11)12)15-19(3)47-34)21(5)29(22(6)33(43)49-25)50-26-17-36(9,46-13)31(42)23(7)48-26;2-1-3;/h18-26,28-32,34,40-42,44-45H,14-17H2,1-13H3;3H;1H2/t18-,19-,20+,21+,22-,23+,24+,25-,26+,28-,29+,30-,31+,32-,34+,35-,36-,37-;;/m1../s1. The number of thiol groups is 1. The number of hydrogen-bond donors (Lipinski definition) is 6. The van der Waals surface area contributed by atoms with Crippen LogP contribution in [0.2, 0.25) is 0 Å². The van der Waals surface area contributed by atoms with Gasteiger partial charge in [-0.05, 0) is 74.9 Å². The molecule has 3 aliphatic heterocycles. The van der Waals surface area contributed by atoms with E-state index < -0.39 is 108 Å². The number of nitriles is 1. The Bertz CT molecular complexity index is 1270. The van der Waals surface area contributed by atoms with Crippen LogP contribution < -0.4 is 0 Å². The van der Waals surface area contributed by atoms with Gasteiger partial charge in [0, 0.05) is 37.3 Å². The topological polar surface area (TPSA) is 249 Å². The molecule has 7 N–H and O–H groups in total. The number of esters is 1. The van der Waals surface area contributed by atoms with Crippen molar-refractivity contribution in [3.05, 3.63) is 0 Å². The van der Waals surface area contributed by atoms with E-state index in [0.717, 1.165) is 0 Å². The highest BCUT2D eigenvalue weighted by Crippen LogP contribution is 2.40. The van der Waals surface area contributed by atoms with Crippen molar-refractivity contribution >= 4 is 24.4 Å². The third-order valence-corrected chi connectivity index (χ3v) is 11.8. The Labute approximate surface area is 332 Å². The van der Waals surface area contributed by atoms with Gasteiger partial charge in [-0.25, -0.2) is 0 Å². The van der Waals surface area contributed by atoms with Crippen LogP contribution in [-0.4, -0.2) is 153 Å². The Morgan fingerprint density at radius 1 is 0.945 bits per heavy atom. The zero-order chi connectivity index (χ0) is 41.7. The Balaban J connectivity index is 0.00000365. The molecule has 0 aliphatic carbocycles. The first-order valence-corrected chi connectivity index (χ1v) is 19.4. The van der Waals surface area contributed by atoms with Crippen molar-refractivity contribution < 1.29 is 69.0 Å². The first-order chi connectivity index (χ1) is 24.8. The maximum Gasteiger partial charge on any atom is 0.311 e. The van der Waals surface area contributed by atoms with E-state index in [2.05, 4.69) is 12.6 Å². The molecule has 3 saturated heterocycles. The molecule has 0 aromatic heterocycles. The number of methoxy groups -OCH3 is 1. The van der Waals surface area contributed by atoms with E-state index in [1.165, 1.54) is 33.3 Å². The summed E-state index contributed by atoms with van der Waals surface area (Å²) in [4.78, 5) is 29.8. The number of Topliss-reactive ketones (excluding diaryl/α,β-unsaturated/α-hetero) is 1. The molecule has 0 aromatic rings. The first-order valence-electron chi connectivity index (χ1n) is 18.9. The molecule has 16 nitrogen and oxygen atoms in total. The summed E-state index contributed by atoms with van der Waals surface area (Å²) in [7, 11) is 5.18. The lowest BCUT2D eigenvalue weighted by molar-refractivity contribution is -0.318. The van der Waals surface area contributed by atoms with Gasteiger partial charge in [0.25, 0.3) is 0 Å². The minimum absolute atomic E-state index is 0. The number of aliphatic hydroxyl groups is 5. The number of cyclic esters (lactones) is 1. The van der Waals surface area contributed by atoms with Crippen LogP contribution in [0.4, 0.5) is 0 Å². The number of aliphatic hydroxyl groups excluding tert-OH is 3. The van der Waals surface area contributed by atoms with E-state index in [4.69, 9.17) is 33.7 Å². The normalized spacial score (nSPS) is 46.3. The van der Waals surface area contributed by atoms with Crippen LogP contribution >= 0.6 is 12.6 Å². The number of ether oxygens (including phenoxy) is 6. The quantitative estimate of drug-likeness (QED) is 0.121. The van der Waals surface area contributed by atoms with Crippen LogP contribution in [0.15, 0.2) is 0 Å². The van der Waals surface area contributed by atoms with Crippen LogP contribution in [0, 0.1) is 34.3 Å². The van der Waals surface area contributed by atoms with Gasteiger partial charge < -0.3 is 64.3 Å². The van der Waals surface area contributed by atoms with Crippen molar-refractivity contribution in [2.75, 3.05) is 21.2 Å². The fourth-order valence-corrected chi connectivity index (χ4v) is 8.41. The van der Waals surface area contributed by atoms with Gasteiger partial charge >= 0.3 is 5.97 Å². The molecule has 3 aliphatic rings. The predicted octanol–water partition coefficient (Wildman–Crippen LogP) is 1.36. The highest BCUT2D eigenvalue weighted by Gasteiger charge is 2.53. The third kappa shape index (κ3) is 12.0. The molecule has 0 spiro atoms. The fourth-order valence-electron chi connectivity index (χ4n) is 8.41. The molecule has 0 aromatic carbocycles. The zero-order valence-electron chi connectivity index (χ0n) is 34.8. The first kappa shape index (κ1) is 51.5. The molecule has 55 heavy (non-hydrogen) atoms. The van der Waals surface area contributed by atoms with Crippen LogP contribution in [0.5, 0.6) is 0 Å². The van der Waals surface area contributed by atoms with Crippen molar-refractivity contribution in [1.29, 1.82) is 5.26 Å². The minimum Gasteiger partial charge on any atom is -0.459 e. The second kappa shape index (κ2) is 21.0. The van der Waals surface area contributed by atoms with Gasteiger partial charge in [-0.15, -0.1) is 0 Å². The van der Waals surface area contributed by atoms with Gasteiger partial charge in [0.15, 0.2) is 12.6 Å². The average Bonchev–Trinajstić information content (AvgIpc) is 3.09. The largest absolute Gasteiger partial charge is 0.459 e. The molecular formula is C38H70N2O14S. The van der Waals surface area contributed by atoms with Crippen LogP contribution in [-0.2, 0) is 38.0 Å². The second-order valence-electron chi connectivity index (χ2n) is 16.6. The number of ketones is 1. The fraction of sp³-hybridized carbons (Fsp3) is 0.921. The smallest absolute Gasteiger partial charge is 0.311 e. The maximum absolute atomic E-state index is 14.1. The Morgan fingerprint density at radius 3 is 2.02 bits per heavy atom. The minimum atomic E-state index is -1.99. The lowest BCUT2D eigenvalue weighted by Gasteiger charge is -2.49. The van der Waals surface area contributed by atoms with E-state index >= 15 is 0 Å². The molecule has 3 rings (SSSR count). The zero-order valence-corrected chi connectivity index (χ0v) is 35.7. The van der Waals surface area contributed by atoms with Gasteiger partial charge in [0.2, 0.25) is 0 Å². The Hall–Kier alpha value is -1.50. The molecule has 18 atom stereocenters. The van der Waals surface area contributed by atoms with Gasteiger partial charge in [-0.2, -0.15) is 5.26 Å². The Morgan fingerprint density at radius 2 is 1.51 bits per heavy atom. The summed E-state index contributed by atoms with van der Waals surface area (Å²) >= 11 is 3.09. The van der Waals surface area contributed by atoms with Crippen molar-refractivity contribution in [2.24, 2.45) is 23.7 Å². The van der Waals surface area contributed by atoms with E-state index in [1.54, 1.807) is 41.5 Å². The van der Waals surface area contributed by atoms with E-state index in [9.17, 15) is 35.1 Å². The molecular weight excluding hydrogens is 740 g/mol. The van der Waals surface area contributed by atoms with Crippen LogP contribution in [0.1, 0.15) is 94.9 Å². The highest BCUT2D eigenvalue weighted by molar-refractivity contribution is 7.85. The summed E-state index contributed by atoms with van der Waals surface area (Å²) in [5.41, 5.74) is -4.84. The van der Waals surface area contributed by atoms with Gasteiger partial charge in [-0.1, -0.05) is 40.3 Å². The average molecular weight is 811 g/mol. The van der Waals surface area contributed by atoms with Crippen molar-refractivity contribution in [1.82, 2.24) is 4.90 Å². The van der Waals surface area contributed by atoms with Gasteiger partial charge in [0.1, 0.15) is 35.1 Å². The monoisotopic (exact) mass is 810 g/mol. The van der Waals surface area contributed by atoms with Gasteiger partial charge in [0.05, 0.1) is 47.6 Å². The summed E-state index contributed by atoms with van der Waals surface area (Å²) < 4.78 is 37.1. The molecule has 322 valence electrons. The van der Waals surface area contributed by atoms with E-state index in [1.807, 2.05) is 25.9 Å². The molecule has 0 unspecified atom stereocenters. The van der Waals surface area contributed by atoms with E-state index in [-0.39, 0.29) is 36.9 Å². The SMILES string of the molecule is CC[C@H]1OC(=O)[C@H](C)[C@@H](O[C@H]2C[C@@](C)(OC)[C@@H](O)[C@H](C)O2)[C@H](C)[C@@H](O[C@@H]2O[C@H](C)C[C@H](N(C)C)[C@H]2O)[C@](C)(O)C[C@@H](C)C(=O)[C@H](C)[C@@H](O)[C@]1(C)O.N#CS.O. The molecule has 0 amide bonds. The third-order valence-electron chi connectivity index (χ3n) is 11.8. The van der Waals surface area contributed by atoms with Crippen molar-refractivity contribution in [2.45, 2.75) is 179 Å². The number of carbonyl (C=O) groups excluding carboxylic acids is 2. The number of likely N-dealkylation sites (N-methyl/N-ethyl adjacent to an activating group) is 1. The highest BCUT2D eigenvalue weighted by atomic mass is 32.1.